The van der Waals surface area contributed by atoms with Crippen LogP contribution in [-0.2, 0) is 0 Å². The summed E-state index contributed by atoms with van der Waals surface area (Å²) in [6.45, 7) is 0. The average molecular weight is 327 g/mol. The molecule has 0 aliphatic rings. The summed E-state index contributed by atoms with van der Waals surface area (Å²) in [5, 5.41) is 10.6. The normalized spacial score (nSPS) is 10.2. The Kier molecular flexibility index (Phi) is 3.66. The minimum Gasteiger partial charge on any atom is -0.455 e. The maximum Gasteiger partial charge on any atom is 0.271 e. The molecule has 0 atom stereocenters. The number of nitrogen functional groups attached to an aromatic ring is 1. The Morgan fingerprint density at radius 1 is 1.26 bits per heavy atom. The highest BCUT2D eigenvalue weighted by molar-refractivity contribution is 9.10. The minimum atomic E-state index is -0.547. The molecule has 2 aromatic carbocycles. The number of nitro groups is 1. The molecule has 0 aliphatic heterocycles. The summed E-state index contributed by atoms with van der Waals surface area (Å²) in [5.41, 5.74) is 5.67. The molecule has 2 aromatic rings. The van der Waals surface area contributed by atoms with E-state index in [-0.39, 0.29) is 21.6 Å². The van der Waals surface area contributed by atoms with Gasteiger partial charge in [-0.3, -0.25) is 10.1 Å². The molecular weight excluding hydrogens is 319 g/mol. The summed E-state index contributed by atoms with van der Waals surface area (Å²) >= 11 is 3.03. The molecule has 0 aliphatic carbocycles. The zero-order valence-electron chi connectivity index (χ0n) is 9.47. The van der Waals surface area contributed by atoms with Gasteiger partial charge in [-0.15, -0.1) is 0 Å². The van der Waals surface area contributed by atoms with E-state index in [0.29, 0.717) is 5.75 Å². The summed E-state index contributed by atoms with van der Waals surface area (Å²) in [6.07, 6.45) is 0. The van der Waals surface area contributed by atoms with Gasteiger partial charge in [-0.2, -0.15) is 0 Å². The van der Waals surface area contributed by atoms with E-state index in [0.717, 1.165) is 0 Å². The number of hydrogen-bond donors (Lipinski definition) is 1. The molecule has 5 nitrogen and oxygen atoms in total. The molecule has 0 radical (unpaired) electrons. The van der Waals surface area contributed by atoms with Crippen LogP contribution in [0.1, 0.15) is 0 Å². The molecule has 0 saturated carbocycles. The second-order valence-electron chi connectivity index (χ2n) is 3.66. The van der Waals surface area contributed by atoms with Crippen LogP contribution in [0.3, 0.4) is 0 Å². The number of anilines is 1. The van der Waals surface area contributed by atoms with Crippen molar-refractivity contribution >= 4 is 27.3 Å². The maximum absolute atomic E-state index is 13.1. The minimum absolute atomic E-state index is 0.120. The van der Waals surface area contributed by atoms with Gasteiger partial charge >= 0.3 is 0 Å². The van der Waals surface area contributed by atoms with E-state index in [1.54, 1.807) is 0 Å². The number of nitrogens with zero attached hydrogens (tertiary/aromatic N) is 1. The lowest BCUT2D eigenvalue weighted by Crippen LogP contribution is -1.95. The van der Waals surface area contributed by atoms with E-state index in [4.69, 9.17) is 10.5 Å². The van der Waals surface area contributed by atoms with Crippen molar-refractivity contribution in [3.63, 3.8) is 0 Å². The van der Waals surface area contributed by atoms with Crippen LogP contribution in [0.5, 0.6) is 11.5 Å². The zero-order chi connectivity index (χ0) is 14.0. The van der Waals surface area contributed by atoms with Crippen molar-refractivity contribution < 1.29 is 14.1 Å². The van der Waals surface area contributed by atoms with E-state index in [9.17, 15) is 14.5 Å². The van der Waals surface area contributed by atoms with Crippen molar-refractivity contribution in [1.82, 2.24) is 0 Å². The number of nitro benzene ring substituents is 1. The van der Waals surface area contributed by atoms with Crippen molar-refractivity contribution in [3.8, 4) is 11.5 Å². The summed E-state index contributed by atoms with van der Waals surface area (Å²) in [5.74, 6) is 0.224. The fourth-order valence-electron chi connectivity index (χ4n) is 1.41. The SMILES string of the molecule is Nc1cc([N+](=O)[O-])ccc1Oc1ccc(F)c(Br)c1. The topological polar surface area (TPSA) is 78.4 Å². The Hall–Kier alpha value is -2.15. The molecule has 0 amide bonds. The largest absolute Gasteiger partial charge is 0.455 e. The molecule has 0 bridgehead atoms. The fourth-order valence-corrected chi connectivity index (χ4v) is 1.77. The van der Waals surface area contributed by atoms with Crippen LogP contribution < -0.4 is 10.5 Å². The molecule has 0 heterocycles. The van der Waals surface area contributed by atoms with Gasteiger partial charge in [0.2, 0.25) is 0 Å². The third-order valence-corrected chi connectivity index (χ3v) is 2.93. The molecule has 0 spiro atoms. The van der Waals surface area contributed by atoms with E-state index >= 15 is 0 Å². The van der Waals surface area contributed by atoms with Crippen LogP contribution in [0.4, 0.5) is 15.8 Å². The number of nitrogens with two attached hydrogens (primary N) is 1. The molecule has 0 saturated heterocycles. The third-order valence-electron chi connectivity index (χ3n) is 2.32. The van der Waals surface area contributed by atoms with Crippen LogP contribution in [0.2, 0.25) is 0 Å². The predicted molar refractivity (Wildman–Crippen MR) is 71.7 cm³/mol. The summed E-state index contributed by atoms with van der Waals surface area (Å²) in [4.78, 5) is 10.0. The van der Waals surface area contributed by atoms with E-state index in [1.165, 1.54) is 36.4 Å². The lowest BCUT2D eigenvalue weighted by molar-refractivity contribution is -0.384. The highest BCUT2D eigenvalue weighted by atomic mass is 79.9. The van der Waals surface area contributed by atoms with Crippen molar-refractivity contribution in [2.75, 3.05) is 5.73 Å². The van der Waals surface area contributed by atoms with Crippen molar-refractivity contribution in [1.29, 1.82) is 0 Å². The van der Waals surface area contributed by atoms with Gasteiger partial charge in [0.1, 0.15) is 11.6 Å². The third kappa shape index (κ3) is 3.00. The van der Waals surface area contributed by atoms with Crippen molar-refractivity contribution in [2.45, 2.75) is 0 Å². The molecule has 98 valence electrons. The van der Waals surface area contributed by atoms with Gasteiger partial charge in [-0.25, -0.2) is 4.39 Å². The van der Waals surface area contributed by atoms with Gasteiger partial charge in [-0.1, -0.05) is 0 Å². The molecule has 2 N–H and O–H groups in total. The lowest BCUT2D eigenvalue weighted by Gasteiger charge is -2.08. The first-order chi connectivity index (χ1) is 8.97. The highest BCUT2D eigenvalue weighted by Gasteiger charge is 2.10. The Labute approximate surface area is 116 Å². The van der Waals surface area contributed by atoms with Gasteiger partial charge in [0.15, 0.2) is 5.75 Å². The second kappa shape index (κ2) is 5.23. The predicted octanol–water partition coefficient (Wildman–Crippen LogP) is 3.87. The molecule has 0 unspecified atom stereocenters. The smallest absolute Gasteiger partial charge is 0.271 e. The number of hydrogen-bond acceptors (Lipinski definition) is 4. The van der Waals surface area contributed by atoms with Crippen LogP contribution in [0.15, 0.2) is 40.9 Å². The summed E-state index contributed by atoms with van der Waals surface area (Å²) < 4.78 is 18.7. The van der Waals surface area contributed by atoms with E-state index < -0.39 is 10.7 Å². The van der Waals surface area contributed by atoms with E-state index in [1.807, 2.05) is 0 Å². The maximum atomic E-state index is 13.1. The van der Waals surface area contributed by atoms with Crippen molar-refractivity contribution in [3.05, 3.63) is 56.8 Å². The van der Waals surface area contributed by atoms with Crippen molar-refractivity contribution in [2.24, 2.45) is 0 Å². The standard InChI is InChI=1S/C12H8BrFN2O3/c13-9-6-8(2-3-10(9)14)19-12-4-1-7(16(17)18)5-11(12)15/h1-6H,15H2. The second-order valence-corrected chi connectivity index (χ2v) is 4.51. The molecule has 7 heteroatoms. The number of benzene rings is 2. The number of halogens is 2. The number of ether oxygens (including phenoxy) is 1. The van der Waals surface area contributed by atoms with E-state index in [2.05, 4.69) is 15.9 Å². The Bertz CT molecular complexity index is 649. The first kappa shape index (κ1) is 13.3. The number of rotatable bonds is 3. The molecular formula is C12H8BrFN2O3. The van der Waals surface area contributed by atoms with Gasteiger partial charge < -0.3 is 10.5 Å². The molecule has 2 rings (SSSR count). The first-order valence-electron chi connectivity index (χ1n) is 5.14. The summed E-state index contributed by atoms with van der Waals surface area (Å²) in [6, 6.07) is 7.99. The van der Waals surface area contributed by atoms with Crippen LogP contribution >= 0.6 is 15.9 Å². The monoisotopic (exact) mass is 326 g/mol. The van der Waals surface area contributed by atoms with Gasteiger partial charge in [0, 0.05) is 12.1 Å². The number of non-ortho nitro benzene ring substituents is 1. The zero-order valence-corrected chi connectivity index (χ0v) is 11.1. The molecule has 0 fully saturated rings. The quantitative estimate of drug-likeness (QED) is 0.527. The summed E-state index contributed by atoms with van der Waals surface area (Å²) in [7, 11) is 0. The Morgan fingerprint density at radius 3 is 2.58 bits per heavy atom. The average Bonchev–Trinajstić information content (AvgIpc) is 2.36. The van der Waals surface area contributed by atoms with Crippen LogP contribution in [0.25, 0.3) is 0 Å². The van der Waals surface area contributed by atoms with Crippen LogP contribution in [-0.4, -0.2) is 4.92 Å². The fraction of sp³-hybridized carbons (Fsp3) is 0. The molecule has 0 aromatic heterocycles. The first-order valence-corrected chi connectivity index (χ1v) is 5.93. The van der Waals surface area contributed by atoms with Crippen LogP contribution in [0, 0.1) is 15.9 Å². The Morgan fingerprint density at radius 2 is 2.00 bits per heavy atom. The Balaban J connectivity index is 2.28. The van der Waals surface area contributed by atoms with Gasteiger partial charge in [-0.05, 0) is 40.2 Å². The van der Waals surface area contributed by atoms with Gasteiger partial charge in [0.05, 0.1) is 15.1 Å². The molecule has 19 heavy (non-hydrogen) atoms. The highest BCUT2D eigenvalue weighted by Crippen LogP contribution is 2.32. The van der Waals surface area contributed by atoms with Gasteiger partial charge in [0.25, 0.3) is 5.69 Å². The lowest BCUT2D eigenvalue weighted by atomic mass is 10.2.